The molecule has 1 aromatic carbocycles. The van der Waals surface area contributed by atoms with Crippen LogP contribution < -0.4 is 5.11 Å². The van der Waals surface area contributed by atoms with Crippen molar-refractivity contribution in [1.82, 2.24) is 0 Å². The molecule has 0 spiro atoms. The summed E-state index contributed by atoms with van der Waals surface area (Å²) in [7, 11) is 0. The second-order valence-corrected chi connectivity index (χ2v) is 3.23. The number of carbonyl (C=O) groups excluding carboxylic acids is 1. The molecule has 4 heteroatoms. The van der Waals surface area contributed by atoms with E-state index < -0.39 is 11.8 Å². The van der Waals surface area contributed by atoms with Gasteiger partial charge in [-0.25, -0.2) is 4.39 Å². The number of hydrogen-bond donors (Lipinski definition) is 0. The highest BCUT2D eigenvalue weighted by molar-refractivity contribution is 9.10. The monoisotopic (exact) mass is 243 g/mol. The molecule has 0 atom stereocenters. The second-order valence-electron chi connectivity index (χ2n) is 2.32. The molecule has 13 heavy (non-hydrogen) atoms. The van der Waals surface area contributed by atoms with E-state index in [9.17, 15) is 14.3 Å². The van der Waals surface area contributed by atoms with Gasteiger partial charge in [-0.15, -0.1) is 0 Å². The molecule has 0 bridgehead atoms. The summed E-state index contributed by atoms with van der Waals surface area (Å²) in [6, 6.07) is 4.35. The number of hydrogen-bond acceptors (Lipinski definition) is 2. The predicted molar refractivity (Wildman–Crippen MR) is 48.1 cm³/mol. The van der Waals surface area contributed by atoms with Gasteiger partial charge in [-0.2, -0.15) is 0 Å². The Kier molecular flexibility index (Phi) is 3.19. The lowest BCUT2D eigenvalue weighted by Gasteiger charge is -1.97. The normalized spacial score (nSPS) is 10.6. The van der Waals surface area contributed by atoms with Crippen LogP contribution >= 0.6 is 15.9 Å². The molecular formula is C9H5BrFO2-. The van der Waals surface area contributed by atoms with E-state index in [0.717, 1.165) is 12.2 Å². The van der Waals surface area contributed by atoms with E-state index in [1.165, 1.54) is 12.1 Å². The van der Waals surface area contributed by atoms with E-state index in [-0.39, 0.29) is 5.56 Å². The summed E-state index contributed by atoms with van der Waals surface area (Å²) in [5.41, 5.74) is 0.215. The molecule has 0 aliphatic carbocycles. The smallest absolute Gasteiger partial charge is 0.131 e. The van der Waals surface area contributed by atoms with Crippen LogP contribution in [0.5, 0.6) is 0 Å². The molecule has 0 unspecified atom stereocenters. The maximum Gasteiger partial charge on any atom is 0.131 e. The number of carbonyl (C=O) groups is 1. The van der Waals surface area contributed by atoms with Crippen molar-refractivity contribution in [2.24, 2.45) is 0 Å². The van der Waals surface area contributed by atoms with Gasteiger partial charge in [0.1, 0.15) is 5.82 Å². The molecule has 1 rings (SSSR count). The third-order valence-electron chi connectivity index (χ3n) is 1.36. The molecule has 0 fully saturated rings. The van der Waals surface area contributed by atoms with Crippen molar-refractivity contribution in [3.05, 3.63) is 40.1 Å². The van der Waals surface area contributed by atoms with Crippen molar-refractivity contribution in [2.45, 2.75) is 0 Å². The van der Waals surface area contributed by atoms with Gasteiger partial charge in [0.15, 0.2) is 0 Å². The Morgan fingerprint density at radius 1 is 1.54 bits per heavy atom. The minimum Gasteiger partial charge on any atom is -0.545 e. The van der Waals surface area contributed by atoms with Gasteiger partial charge in [0.25, 0.3) is 0 Å². The van der Waals surface area contributed by atoms with E-state index in [0.29, 0.717) is 4.47 Å². The Morgan fingerprint density at radius 2 is 2.23 bits per heavy atom. The minimum atomic E-state index is -1.35. The van der Waals surface area contributed by atoms with Crippen molar-refractivity contribution in [1.29, 1.82) is 0 Å². The molecule has 0 N–H and O–H groups in total. The van der Waals surface area contributed by atoms with E-state index >= 15 is 0 Å². The standard InChI is InChI=1S/C9H6BrFO2/c10-7-3-1-6(8(11)5-7)2-4-9(12)13/h1-5H,(H,12,13)/p-1/b4-2+. The van der Waals surface area contributed by atoms with Crippen molar-refractivity contribution in [2.75, 3.05) is 0 Å². The summed E-state index contributed by atoms with van der Waals surface area (Å²) in [6.07, 6.45) is 1.93. The van der Waals surface area contributed by atoms with E-state index in [1.807, 2.05) is 0 Å². The average molecular weight is 244 g/mol. The highest BCUT2D eigenvalue weighted by Crippen LogP contribution is 2.16. The summed E-state index contributed by atoms with van der Waals surface area (Å²) in [4.78, 5) is 10.0. The summed E-state index contributed by atoms with van der Waals surface area (Å²) in [6.45, 7) is 0. The van der Waals surface area contributed by atoms with Crippen LogP contribution in [0, 0.1) is 5.82 Å². The van der Waals surface area contributed by atoms with Gasteiger partial charge in [0, 0.05) is 10.0 Å². The third kappa shape index (κ3) is 2.99. The molecule has 0 radical (unpaired) electrons. The molecule has 0 aromatic heterocycles. The number of carboxylic acids is 1. The second kappa shape index (κ2) is 4.18. The highest BCUT2D eigenvalue weighted by Gasteiger charge is 1.97. The summed E-state index contributed by atoms with van der Waals surface area (Å²) < 4.78 is 13.6. The first-order valence-electron chi connectivity index (χ1n) is 3.43. The lowest BCUT2D eigenvalue weighted by Crippen LogP contribution is -2.18. The average Bonchev–Trinajstić information content (AvgIpc) is 2.02. The van der Waals surface area contributed by atoms with E-state index in [1.54, 1.807) is 6.07 Å². The van der Waals surface area contributed by atoms with Crippen molar-refractivity contribution in [3.8, 4) is 0 Å². The summed E-state index contributed by atoms with van der Waals surface area (Å²) >= 11 is 3.08. The SMILES string of the molecule is O=C([O-])/C=C/c1ccc(Br)cc1F. The number of aliphatic carboxylic acids is 1. The van der Waals surface area contributed by atoms with E-state index in [2.05, 4.69) is 15.9 Å². The number of halogens is 2. The van der Waals surface area contributed by atoms with Crippen LogP contribution in [0.25, 0.3) is 6.08 Å². The lowest BCUT2D eigenvalue weighted by atomic mass is 10.2. The number of rotatable bonds is 2. The number of benzene rings is 1. The van der Waals surface area contributed by atoms with Gasteiger partial charge in [-0.05, 0) is 18.2 Å². The summed E-state index contributed by atoms with van der Waals surface area (Å²) in [5, 5.41) is 10.0. The van der Waals surface area contributed by atoms with Crippen molar-refractivity contribution >= 4 is 28.0 Å². The molecule has 0 aliphatic heterocycles. The Hall–Kier alpha value is -1.16. The van der Waals surface area contributed by atoms with Gasteiger partial charge >= 0.3 is 0 Å². The maximum atomic E-state index is 13.0. The fourth-order valence-electron chi connectivity index (χ4n) is 0.794. The fourth-order valence-corrected chi connectivity index (χ4v) is 1.13. The molecule has 0 amide bonds. The molecule has 2 nitrogen and oxygen atoms in total. The quantitative estimate of drug-likeness (QED) is 0.736. The largest absolute Gasteiger partial charge is 0.545 e. The molecule has 68 valence electrons. The first kappa shape index (κ1) is 9.92. The Labute approximate surface area is 82.8 Å². The zero-order chi connectivity index (χ0) is 9.84. The maximum absolute atomic E-state index is 13.0. The van der Waals surface area contributed by atoms with Crippen molar-refractivity contribution < 1.29 is 14.3 Å². The molecule has 1 aromatic rings. The first-order valence-corrected chi connectivity index (χ1v) is 4.23. The molecular weight excluding hydrogens is 239 g/mol. The molecule has 0 aliphatic rings. The number of carboxylic acid groups (broad SMARTS) is 1. The Bertz CT molecular complexity index is 361. The zero-order valence-corrected chi connectivity index (χ0v) is 8.05. The van der Waals surface area contributed by atoms with Crippen LogP contribution in [0.1, 0.15) is 5.56 Å². The van der Waals surface area contributed by atoms with Crippen LogP contribution in [0.4, 0.5) is 4.39 Å². The summed E-state index contributed by atoms with van der Waals surface area (Å²) in [5.74, 6) is -1.82. The highest BCUT2D eigenvalue weighted by atomic mass is 79.9. The molecule has 0 heterocycles. The first-order chi connectivity index (χ1) is 6.09. The predicted octanol–water partition coefficient (Wildman–Crippen LogP) is 1.35. The van der Waals surface area contributed by atoms with Crippen molar-refractivity contribution in [3.63, 3.8) is 0 Å². The fraction of sp³-hybridized carbons (Fsp3) is 0. The van der Waals surface area contributed by atoms with Gasteiger partial charge in [-0.1, -0.05) is 28.1 Å². The lowest BCUT2D eigenvalue weighted by molar-refractivity contribution is -0.297. The third-order valence-corrected chi connectivity index (χ3v) is 1.85. The van der Waals surface area contributed by atoms with E-state index in [4.69, 9.17) is 0 Å². The Morgan fingerprint density at radius 3 is 2.77 bits per heavy atom. The van der Waals surface area contributed by atoms with Crippen LogP contribution in [0.2, 0.25) is 0 Å². The van der Waals surface area contributed by atoms with Crippen LogP contribution in [0.15, 0.2) is 28.7 Å². The zero-order valence-electron chi connectivity index (χ0n) is 6.46. The van der Waals surface area contributed by atoms with Gasteiger partial charge < -0.3 is 9.90 Å². The molecule has 0 saturated carbocycles. The van der Waals surface area contributed by atoms with Gasteiger partial charge in [0.05, 0.1) is 5.97 Å². The van der Waals surface area contributed by atoms with Crippen LogP contribution in [0.3, 0.4) is 0 Å². The van der Waals surface area contributed by atoms with Gasteiger partial charge in [-0.3, -0.25) is 0 Å². The van der Waals surface area contributed by atoms with Gasteiger partial charge in [0.2, 0.25) is 0 Å². The Balaban J connectivity index is 2.96. The minimum absolute atomic E-state index is 0.215. The van der Waals surface area contributed by atoms with Crippen LogP contribution in [-0.2, 0) is 4.79 Å². The topological polar surface area (TPSA) is 40.1 Å². The van der Waals surface area contributed by atoms with Crippen LogP contribution in [-0.4, -0.2) is 5.97 Å². The molecule has 0 saturated heterocycles.